The van der Waals surface area contributed by atoms with E-state index in [2.05, 4.69) is 15.4 Å². The standard InChI is InChI=1S/C14H18ClN5O/c1-10(13(21)19-7-3-2-4-8-19)16-14-17-12-6-5-11(15)9-20(12)18-14/h5-6,9-10H,2-4,7-8H2,1H3,(H,16,18). The van der Waals surface area contributed by atoms with Crippen LogP contribution in [-0.4, -0.2) is 44.5 Å². The van der Waals surface area contributed by atoms with Crippen LogP contribution in [0.4, 0.5) is 5.95 Å². The van der Waals surface area contributed by atoms with Crippen LogP contribution >= 0.6 is 11.6 Å². The average molecular weight is 308 g/mol. The van der Waals surface area contributed by atoms with Crippen molar-refractivity contribution in [3.63, 3.8) is 0 Å². The summed E-state index contributed by atoms with van der Waals surface area (Å²) in [4.78, 5) is 18.6. The van der Waals surface area contributed by atoms with Gasteiger partial charge >= 0.3 is 0 Å². The number of aromatic nitrogens is 3. The molecule has 2 aromatic heterocycles. The van der Waals surface area contributed by atoms with Crippen molar-refractivity contribution in [1.29, 1.82) is 0 Å². The number of fused-ring (bicyclic) bond motifs is 1. The molecular weight excluding hydrogens is 290 g/mol. The number of anilines is 1. The van der Waals surface area contributed by atoms with E-state index in [-0.39, 0.29) is 11.9 Å². The largest absolute Gasteiger partial charge is 0.341 e. The van der Waals surface area contributed by atoms with Crippen LogP contribution in [0, 0.1) is 0 Å². The molecule has 1 amide bonds. The molecule has 21 heavy (non-hydrogen) atoms. The van der Waals surface area contributed by atoms with Crippen LogP contribution in [0.15, 0.2) is 18.3 Å². The number of pyridine rings is 1. The Kier molecular flexibility index (Phi) is 3.96. The van der Waals surface area contributed by atoms with Gasteiger partial charge in [-0.2, -0.15) is 4.98 Å². The molecule has 0 aliphatic carbocycles. The molecule has 1 aliphatic rings. The molecule has 6 nitrogen and oxygen atoms in total. The molecule has 1 N–H and O–H groups in total. The predicted molar refractivity (Wildman–Crippen MR) is 81.5 cm³/mol. The maximum absolute atomic E-state index is 12.4. The first-order valence-electron chi connectivity index (χ1n) is 7.21. The number of halogens is 1. The molecule has 0 spiro atoms. The molecule has 1 unspecified atom stereocenters. The number of nitrogens with one attached hydrogen (secondary N) is 1. The number of nitrogens with zero attached hydrogens (tertiary/aromatic N) is 4. The number of carbonyl (C=O) groups is 1. The minimum Gasteiger partial charge on any atom is -0.341 e. The zero-order valence-electron chi connectivity index (χ0n) is 11.9. The molecule has 1 fully saturated rings. The summed E-state index contributed by atoms with van der Waals surface area (Å²) in [7, 11) is 0. The van der Waals surface area contributed by atoms with Crippen molar-refractivity contribution >= 4 is 29.1 Å². The Balaban J connectivity index is 1.70. The predicted octanol–water partition coefficient (Wildman–Crippen LogP) is 2.20. The molecule has 1 atom stereocenters. The molecule has 0 radical (unpaired) electrons. The number of hydrogen-bond acceptors (Lipinski definition) is 4. The van der Waals surface area contributed by atoms with E-state index in [0.717, 1.165) is 25.9 Å². The fourth-order valence-corrected chi connectivity index (χ4v) is 2.72. The number of piperidine rings is 1. The highest BCUT2D eigenvalue weighted by Gasteiger charge is 2.22. The van der Waals surface area contributed by atoms with Gasteiger partial charge in [-0.15, -0.1) is 5.10 Å². The van der Waals surface area contributed by atoms with Crippen LogP contribution < -0.4 is 5.32 Å². The zero-order valence-corrected chi connectivity index (χ0v) is 12.7. The van der Waals surface area contributed by atoms with E-state index in [9.17, 15) is 4.79 Å². The third kappa shape index (κ3) is 3.10. The Labute approximate surface area is 128 Å². The second kappa shape index (κ2) is 5.89. The third-order valence-corrected chi connectivity index (χ3v) is 3.90. The second-order valence-electron chi connectivity index (χ2n) is 5.34. The molecule has 1 aliphatic heterocycles. The summed E-state index contributed by atoms with van der Waals surface area (Å²) in [6, 6.07) is 3.21. The van der Waals surface area contributed by atoms with Gasteiger partial charge < -0.3 is 10.2 Å². The summed E-state index contributed by atoms with van der Waals surface area (Å²) in [6.45, 7) is 3.54. The molecule has 0 saturated carbocycles. The first kappa shape index (κ1) is 14.1. The summed E-state index contributed by atoms with van der Waals surface area (Å²) in [5.74, 6) is 0.543. The summed E-state index contributed by atoms with van der Waals surface area (Å²) in [5, 5.41) is 7.94. The summed E-state index contributed by atoms with van der Waals surface area (Å²) < 4.78 is 1.60. The van der Waals surface area contributed by atoms with Gasteiger partial charge in [0.25, 0.3) is 0 Å². The molecule has 7 heteroatoms. The number of amides is 1. The Morgan fingerprint density at radius 3 is 2.86 bits per heavy atom. The van der Waals surface area contributed by atoms with Crippen molar-refractivity contribution in [3.05, 3.63) is 23.4 Å². The van der Waals surface area contributed by atoms with Crippen LogP contribution in [0.2, 0.25) is 5.02 Å². The molecular formula is C14H18ClN5O. The monoisotopic (exact) mass is 307 g/mol. The molecule has 3 heterocycles. The summed E-state index contributed by atoms with van der Waals surface area (Å²) in [5.41, 5.74) is 0.694. The van der Waals surface area contributed by atoms with E-state index in [1.54, 1.807) is 22.8 Å². The molecule has 112 valence electrons. The Bertz CT molecular complexity index is 650. The quantitative estimate of drug-likeness (QED) is 0.944. The van der Waals surface area contributed by atoms with Gasteiger partial charge in [-0.3, -0.25) is 4.79 Å². The third-order valence-electron chi connectivity index (χ3n) is 3.68. The Morgan fingerprint density at radius 1 is 1.33 bits per heavy atom. The molecule has 0 bridgehead atoms. The minimum absolute atomic E-state index is 0.103. The van der Waals surface area contributed by atoms with Gasteiger partial charge in [0.1, 0.15) is 6.04 Å². The lowest BCUT2D eigenvalue weighted by atomic mass is 10.1. The fourth-order valence-electron chi connectivity index (χ4n) is 2.56. The highest BCUT2D eigenvalue weighted by atomic mass is 35.5. The van der Waals surface area contributed by atoms with Crippen LogP contribution in [0.5, 0.6) is 0 Å². The number of hydrogen-bond donors (Lipinski definition) is 1. The van der Waals surface area contributed by atoms with E-state index in [0.29, 0.717) is 16.6 Å². The van der Waals surface area contributed by atoms with Crippen molar-refractivity contribution < 1.29 is 4.79 Å². The lowest BCUT2D eigenvalue weighted by Crippen LogP contribution is -2.44. The SMILES string of the molecule is CC(Nc1nc2ccc(Cl)cn2n1)C(=O)N1CCCCC1. The Morgan fingerprint density at radius 2 is 2.10 bits per heavy atom. The topological polar surface area (TPSA) is 62.5 Å². The smallest absolute Gasteiger partial charge is 0.244 e. The summed E-state index contributed by atoms with van der Waals surface area (Å²) >= 11 is 5.92. The van der Waals surface area contributed by atoms with Gasteiger partial charge in [-0.1, -0.05) is 11.6 Å². The van der Waals surface area contributed by atoms with Gasteiger partial charge in [0.05, 0.1) is 5.02 Å². The first-order valence-corrected chi connectivity index (χ1v) is 7.58. The van der Waals surface area contributed by atoms with E-state index in [1.807, 2.05) is 11.8 Å². The maximum atomic E-state index is 12.4. The molecule has 3 rings (SSSR count). The van der Waals surface area contributed by atoms with Gasteiger partial charge in [-0.05, 0) is 38.3 Å². The Hall–Kier alpha value is -1.82. The van der Waals surface area contributed by atoms with Crippen molar-refractivity contribution in [1.82, 2.24) is 19.5 Å². The van der Waals surface area contributed by atoms with Crippen LogP contribution in [0.1, 0.15) is 26.2 Å². The lowest BCUT2D eigenvalue weighted by Gasteiger charge is -2.29. The first-order chi connectivity index (χ1) is 10.1. The number of carbonyl (C=O) groups excluding carboxylic acids is 1. The van der Waals surface area contributed by atoms with Gasteiger partial charge in [-0.25, -0.2) is 4.52 Å². The van der Waals surface area contributed by atoms with E-state index in [4.69, 9.17) is 11.6 Å². The highest BCUT2D eigenvalue weighted by Crippen LogP contribution is 2.14. The van der Waals surface area contributed by atoms with Crippen molar-refractivity contribution in [3.8, 4) is 0 Å². The second-order valence-corrected chi connectivity index (χ2v) is 5.77. The number of likely N-dealkylation sites (tertiary alicyclic amines) is 1. The van der Waals surface area contributed by atoms with E-state index in [1.165, 1.54) is 6.42 Å². The van der Waals surface area contributed by atoms with Crippen molar-refractivity contribution in [2.24, 2.45) is 0 Å². The maximum Gasteiger partial charge on any atom is 0.244 e. The van der Waals surface area contributed by atoms with E-state index >= 15 is 0 Å². The van der Waals surface area contributed by atoms with Gasteiger partial charge in [0.15, 0.2) is 5.65 Å². The van der Waals surface area contributed by atoms with Crippen LogP contribution in [0.3, 0.4) is 0 Å². The fraction of sp³-hybridized carbons (Fsp3) is 0.500. The van der Waals surface area contributed by atoms with Crippen molar-refractivity contribution in [2.45, 2.75) is 32.2 Å². The number of rotatable bonds is 3. The van der Waals surface area contributed by atoms with Crippen molar-refractivity contribution in [2.75, 3.05) is 18.4 Å². The lowest BCUT2D eigenvalue weighted by molar-refractivity contribution is -0.132. The molecule has 0 aromatic carbocycles. The van der Waals surface area contributed by atoms with Gasteiger partial charge in [0, 0.05) is 19.3 Å². The van der Waals surface area contributed by atoms with Crippen LogP contribution in [0.25, 0.3) is 5.65 Å². The van der Waals surface area contributed by atoms with E-state index < -0.39 is 0 Å². The highest BCUT2D eigenvalue weighted by molar-refractivity contribution is 6.30. The average Bonchev–Trinajstić information content (AvgIpc) is 2.88. The summed E-state index contributed by atoms with van der Waals surface area (Å²) in [6.07, 6.45) is 5.07. The minimum atomic E-state index is -0.337. The normalized spacial score (nSPS) is 17.0. The van der Waals surface area contributed by atoms with Gasteiger partial charge in [0.2, 0.25) is 11.9 Å². The van der Waals surface area contributed by atoms with Crippen LogP contribution in [-0.2, 0) is 4.79 Å². The molecule has 1 saturated heterocycles. The molecule has 2 aromatic rings. The zero-order chi connectivity index (χ0) is 14.8.